The minimum Gasteiger partial charge on any atom is -0.546 e. The summed E-state index contributed by atoms with van der Waals surface area (Å²) in [5.74, 6) is -4.30. The molecule has 4 rings (SSSR count). The zero-order valence-corrected chi connectivity index (χ0v) is 24.2. The van der Waals surface area contributed by atoms with E-state index in [-0.39, 0.29) is 52.6 Å². The van der Waals surface area contributed by atoms with Crippen LogP contribution in [-0.2, 0) is 30.6 Å². The van der Waals surface area contributed by atoms with Crippen LogP contribution in [0.3, 0.4) is 0 Å². The number of thiazole rings is 1. The van der Waals surface area contributed by atoms with Crippen molar-refractivity contribution in [2.75, 3.05) is 11.5 Å². The Labute approximate surface area is 247 Å². The number of β-lactam (4-membered cyclic amide) rings is 1. The van der Waals surface area contributed by atoms with Gasteiger partial charge in [-0.1, -0.05) is 11.2 Å². The van der Waals surface area contributed by atoms with Gasteiger partial charge in [-0.25, -0.2) is 9.55 Å². The molecule has 38 heavy (non-hydrogen) atoms. The predicted molar refractivity (Wildman–Crippen MR) is 127 cm³/mol. The topological polar surface area (TPSA) is 194 Å². The molecular formula is C22H21N6NaO7S2. The molecule has 3 N–H and O–H groups in total. The fourth-order valence-corrected chi connectivity index (χ4v) is 5.44. The summed E-state index contributed by atoms with van der Waals surface area (Å²) < 4.78 is 1.78. The number of amides is 2. The third-order valence-electron chi connectivity index (χ3n) is 5.51. The normalized spacial score (nSPS) is 19.2. The minimum atomic E-state index is -1.86. The number of nitrogen functional groups attached to an aromatic ring is 1. The summed E-state index contributed by atoms with van der Waals surface area (Å²) >= 11 is 2.30. The Balaban J connectivity index is 0.00000400. The number of pyridine rings is 1. The molecule has 13 nitrogen and oxygen atoms in total. The molecule has 194 valence electrons. The first-order valence-electron chi connectivity index (χ1n) is 10.8. The number of rotatable bonds is 9. The van der Waals surface area contributed by atoms with E-state index in [1.54, 1.807) is 29.1 Å². The molecule has 0 aliphatic carbocycles. The molecule has 0 radical (unpaired) electrons. The Bertz CT molecular complexity index is 1330. The smallest absolute Gasteiger partial charge is 0.546 e. The van der Waals surface area contributed by atoms with Gasteiger partial charge in [0.2, 0.25) is 0 Å². The van der Waals surface area contributed by atoms with Gasteiger partial charge in [0.25, 0.3) is 11.8 Å². The first-order chi connectivity index (χ1) is 17.5. The maximum absolute atomic E-state index is 13.1. The summed E-state index contributed by atoms with van der Waals surface area (Å²) in [7, 11) is 0. The van der Waals surface area contributed by atoms with Gasteiger partial charge in [0.15, 0.2) is 35.4 Å². The molecule has 4 heterocycles. The molecule has 2 aliphatic rings. The van der Waals surface area contributed by atoms with Gasteiger partial charge in [-0.2, -0.15) is 0 Å². The predicted octanol–water partition coefficient (Wildman–Crippen LogP) is -5.63. The molecule has 2 aromatic rings. The van der Waals surface area contributed by atoms with Gasteiger partial charge in [0.1, 0.15) is 17.1 Å². The number of nitrogens with zero attached hydrogens (tertiary/aromatic N) is 4. The van der Waals surface area contributed by atoms with Crippen LogP contribution in [0.15, 0.2) is 52.4 Å². The molecule has 0 saturated carbocycles. The number of carboxylic acids is 2. The van der Waals surface area contributed by atoms with Crippen molar-refractivity contribution in [1.29, 1.82) is 0 Å². The molecule has 2 aliphatic heterocycles. The first kappa shape index (κ1) is 29.6. The number of hydrogen-bond donors (Lipinski definition) is 2. The van der Waals surface area contributed by atoms with Crippen LogP contribution < -0.4 is 55.4 Å². The van der Waals surface area contributed by atoms with Crippen LogP contribution >= 0.6 is 23.1 Å². The Morgan fingerprint density at radius 3 is 2.55 bits per heavy atom. The van der Waals surface area contributed by atoms with Crippen LogP contribution in [0.25, 0.3) is 0 Å². The number of carbonyl (C=O) groups is 4. The van der Waals surface area contributed by atoms with Crippen molar-refractivity contribution in [3.63, 3.8) is 0 Å². The van der Waals surface area contributed by atoms with Crippen molar-refractivity contribution in [3.05, 3.63) is 52.9 Å². The van der Waals surface area contributed by atoms with E-state index in [1.165, 1.54) is 31.0 Å². The van der Waals surface area contributed by atoms with E-state index < -0.39 is 46.5 Å². The monoisotopic (exact) mass is 568 g/mol. The number of carbonyl (C=O) groups excluding carboxylic acids is 4. The number of fused-ring (bicyclic) bond motifs is 1. The number of aromatic nitrogens is 2. The standard InChI is InChI=1S/C22H22N6O7S2.Na/c1-22(2,20(33)34)35-26-13(12-10-37-21(23)24-12)16(29)25-14-17(30)28-15(19(31)32)11(9-36-18(14)28)8-27-6-4-3-5-7-27;/h3-7,10,14,18H,8-9H2,1-2H3,(H4-,23,24,25,29,31,32,33,34);/q;+1/p-1. The zero-order chi connectivity index (χ0) is 26.9. The molecule has 0 bridgehead atoms. The number of anilines is 1. The average Bonchev–Trinajstić information content (AvgIpc) is 3.28. The van der Waals surface area contributed by atoms with Crippen LogP contribution in [0.2, 0.25) is 0 Å². The quantitative estimate of drug-likeness (QED) is 0.0968. The summed E-state index contributed by atoms with van der Waals surface area (Å²) in [5.41, 5.74) is 3.65. The van der Waals surface area contributed by atoms with Crippen molar-refractivity contribution in [2.24, 2.45) is 5.16 Å². The molecule has 0 spiro atoms. The van der Waals surface area contributed by atoms with Gasteiger partial charge < -0.3 is 35.7 Å². The molecule has 1 fully saturated rings. The third-order valence-corrected chi connectivity index (χ3v) is 7.53. The summed E-state index contributed by atoms with van der Waals surface area (Å²) in [6.45, 7) is 2.61. The minimum absolute atomic E-state index is 0. The first-order valence-corrected chi connectivity index (χ1v) is 12.7. The summed E-state index contributed by atoms with van der Waals surface area (Å²) in [5, 5.41) is 30.3. The van der Waals surface area contributed by atoms with Gasteiger partial charge in [-0.05, 0) is 13.8 Å². The largest absolute Gasteiger partial charge is 1.00 e. The summed E-state index contributed by atoms with van der Waals surface area (Å²) in [4.78, 5) is 59.4. The molecule has 2 aromatic heterocycles. The Hall–Kier alpha value is -2.98. The van der Waals surface area contributed by atoms with Crippen molar-refractivity contribution >= 4 is 57.7 Å². The van der Waals surface area contributed by atoms with E-state index >= 15 is 0 Å². The molecule has 2 amide bonds. The van der Waals surface area contributed by atoms with E-state index in [2.05, 4.69) is 15.5 Å². The van der Waals surface area contributed by atoms with Gasteiger partial charge >= 0.3 is 29.6 Å². The van der Waals surface area contributed by atoms with Gasteiger partial charge in [0.05, 0.1) is 17.6 Å². The number of oxime groups is 1. The maximum atomic E-state index is 13.1. The fraction of sp³-hybridized carbons (Fsp3) is 0.318. The number of carboxylic acid groups (broad SMARTS) is 2. The van der Waals surface area contributed by atoms with Crippen LogP contribution in [0, 0.1) is 0 Å². The Morgan fingerprint density at radius 1 is 1.29 bits per heavy atom. The molecule has 1 saturated heterocycles. The van der Waals surface area contributed by atoms with Crippen LogP contribution in [0.1, 0.15) is 19.5 Å². The van der Waals surface area contributed by atoms with E-state index in [0.29, 0.717) is 11.3 Å². The molecule has 2 unspecified atom stereocenters. The molecule has 2 atom stereocenters. The van der Waals surface area contributed by atoms with Gasteiger partial charge in [-0.3, -0.25) is 14.5 Å². The van der Waals surface area contributed by atoms with E-state index in [4.69, 9.17) is 10.6 Å². The Morgan fingerprint density at radius 2 is 1.97 bits per heavy atom. The van der Waals surface area contributed by atoms with E-state index in [1.807, 2.05) is 6.07 Å². The second-order valence-electron chi connectivity index (χ2n) is 8.55. The summed E-state index contributed by atoms with van der Waals surface area (Å²) in [6, 6.07) is 4.34. The van der Waals surface area contributed by atoms with Crippen LogP contribution in [0.4, 0.5) is 5.13 Å². The van der Waals surface area contributed by atoms with Crippen molar-refractivity contribution < 1.29 is 68.4 Å². The van der Waals surface area contributed by atoms with Crippen LogP contribution in [-0.4, -0.2) is 62.1 Å². The molecule has 16 heteroatoms. The van der Waals surface area contributed by atoms with Crippen LogP contribution in [0.5, 0.6) is 0 Å². The summed E-state index contributed by atoms with van der Waals surface area (Å²) in [6.07, 6.45) is 3.54. The fourth-order valence-electron chi connectivity index (χ4n) is 3.56. The van der Waals surface area contributed by atoms with Crippen molar-refractivity contribution in [3.8, 4) is 0 Å². The zero-order valence-electron chi connectivity index (χ0n) is 20.6. The number of nitrogens with one attached hydrogen (secondary N) is 1. The maximum Gasteiger partial charge on any atom is 1.00 e. The average molecular weight is 569 g/mol. The second kappa shape index (κ2) is 11.8. The number of hydrogen-bond acceptors (Lipinski definition) is 12. The number of thioether (sulfide) groups is 1. The van der Waals surface area contributed by atoms with Gasteiger partial charge in [0, 0.05) is 28.8 Å². The number of nitrogens with two attached hydrogens (primary N) is 1. The van der Waals surface area contributed by atoms with Crippen molar-refractivity contribution in [1.82, 2.24) is 15.2 Å². The SMILES string of the molecule is CC(C)(ON=C(C(=O)NC1C(=O)N2C(C(=O)[O-])=C(C[n+]3ccccc3)CSC12)c1csc(N)n1)C(=O)[O-].[Na+]. The molecule has 0 aromatic carbocycles. The van der Waals surface area contributed by atoms with E-state index in [0.717, 1.165) is 16.2 Å². The second-order valence-corrected chi connectivity index (χ2v) is 10.5. The van der Waals surface area contributed by atoms with Crippen molar-refractivity contribution in [2.45, 2.75) is 37.4 Å². The molecular weight excluding hydrogens is 547 g/mol. The Kier molecular flexibility index (Phi) is 9.20. The third kappa shape index (κ3) is 6.02. The van der Waals surface area contributed by atoms with Gasteiger partial charge in [-0.15, -0.1) is 23.1 Å². The number of aliphatic carboxylic acids is 2. The van der Waals surface area contributed by atoms with E-state index in [9.17, 15) is 29.4 Å².